The predicted octanol–water partition coefficient (Wildman–Crippen LogP) is 3.92. The highest BCUT2D eigenvalue weighted by Gasteiger charge is 2.32. The summed E-state index contributed by atoms with van der Waals surface area (Å²) in [6.45, 7) is 6.27. The minimum Gasteiger partial charge on any atom is -0.269 e. The van der Waals surface area contributed by atoms with Crippen molar-refractivity contribution in [1.82, 2.24) is 0 Å². The molecule has 0 aromatic heterocycles. The molecule has 2 rings (SSSR count). The van der Waals surface area contributed by atoms with E-state index in [4.69, 9.17) is 0 Å². The number of nitro groups is 2. The highest BCUT2D eigenvalue weighted by molar-refractivity contribution is 7.93. The summed E-state index contributed by atoms with van der Waals surface area (Å²) >= 11 is 0. The van der Waals surface area contributed by atoms with Gasteiger partial charge in [0.15, 0.2) is 4.90 Å². The summed E-state index contributed by atoms with van der Waals surface area (Å²) in [7, 11) is -3.01. The Hall–Kier alpha value is -3.01. The largest absolute Gasteiger partial charge is 0.296 e. The molecule has 0 saturated heterocycles. The number of anilines is 1. The zero-order valence-corrected chi connectivity index (χ0v) is 16.8. The van der Waals surface area contributed by atoms with Gasteiger partial charge in [-0.25, -0.2) is 8.42 Å². The van der Waals surface area contributed by atoms with Gasteiger partial charge in [0.25, 0.3) is 21.4 Å². The van der Waals surface area contributed by atoms with Crippen LogP contribution in [-0.2, 0) is 16.4 Å². The van der Waals surface area contributed by atoms with Crippen LogP contribution in [0.2, 0.25) is 0 Å². The predicted molar refractivity (Wildman–Crippen MR) is 105 cm³/mol. The quantitative estimate of drug-likeness (QED) is 0.528. The van der Waals surface area contributed by atoms with Gasteiger partial charge in [0.2, 0.25) is 0 Å². The van der Waals surface area contributed by atoms with E-state index < -0.39 is 36.1 Å². The fourth-order valence-electron chi connectivity index (χ4n) is 2.70. The SMILES string of the molecule is CN(c1ccc(CC(C)(C)C)cc1)S(=O)(=O)c1ccc([N+](=O)[O-])cc1[N+](=O)[O-]. The van der Waals surface area contributed by atoms with Gasteiger partial charge >= 0.3 is 0 Å². The van der Waals surface area contributed by atoms with Crippen LogP contribution in [0.4, 0.5) is 17.1 Å². The third-order valence-electron chi connectivity index (χ3n) is 4.02. The molecule has 2 aromatic rings. The van der Waals surface area contributed by atoms with Crippen LogP contribution in [0.5, 0.6) is 0 Å². The molecule has 2 aromatic carbocycles. The van der Waals surface area contributed by atoms with Gasteiger partial charge in [0.05, 0.1) is 21.6 Å². The van der Waals surface area contributed by atoms with Crippen molar-refractivity contribution in [2.75, 3.05) is 11.4 Å². The van der Waals surface area contributed by atoms with Crippen molar-refractivity contribution in [1.29, 1.82) is 0 Å². The molecule has 10 heteroatoms. The first-order valence-electron chi connectivity index (χ1n) is 8.33. The molecule has 0 unspecified atom stereocenters. The molecule has 0 atom stereocenters. The maximum Gasteiger partial charge on any atom is 0.296 e. The monoisotopic (exact) mass is 407 g/mol. The number of nitrogens with zero attached hydrogens (tertiary/aromatic N) is 3. The molecule has 0 spiro atoms. The van der Waals surface area contributed by atoms with Crippen LogP contribution < -0.4 is 4.31 Å². The van der Waals surface area contributed by atoms with E-state index in [1.165, 1.54) is 7.05 Å². The summed E-state index contributed by atoms with van der Waals surface area (Å²) in [6.07, 6.45) is 0.803. The molecule has 0 bridgehead atoms. The third kappa shape index (κ3) is 4.63. The van der Waals surface area contributed by atoms with Gasteiger partial charge in [-0.15, -0.1) is 0 Å². The van der Waals surface area contributed by atoms with E-state index >= 15 is 0 Å². The van der Waals surface area contributed by atoms with Crippen molar-refractivity contribution < 1.29 is 18.3 Å². The van der Waals surface area contributed by atoms with Gasteiger partial charge in [-0.05, 0) is 35.6 Å². The lowest BCUT2D eigenvalue weighted by molar-refractivity contribution is -0.396. The fraction of sp³-hybridized carbons (Fsp3) is 0.333. The molecule has 0 saturated carbocycles. The summed E-state index contributed by atoms with van der Waals surface area (Å²) in [4.78, 5) is 19.8. The van der Waals surface area contributed by atoms with Crippen LogP contribution in [0.15, 0.2) is 47.4 Å². The zero-order valence-electron chi connectivity index (χ0n) is 15.9. The van der Waals surface area contributed by atoms with Gasteiger partial charge in [-0.1, -0.05) is 32.9 Å². The summed E-state index contributed by atoms with van der Waals surface area (Å²) < 4.78 is 26.7. The molecule has 0 amide bonds. The number of benzene rings is 2. The second-order valence-electron chi connectivity index (χ2n) is 7.54. The number of nitro benzene ring substituents is 2. The standard InChI is InChI=1S/C18H21N3O6S/c1-18(2,3)12-13-5-7-14(8-6-13)19(4)28(26,27)17-10-9-15(20(22)23)11-16(17)21(24)25/h5-11H,12H2,1-4H3. The van der Waals surface area contributed by atoms with E-state index in [9.17, 15) is 28.6 Å². The lowest BCUT2D eigenvalue weighted by Crippen LogP contribution is -2.27. The van der Waals surface area contributed by atoms with Gasteiger partial charge in [0, 0.05) is 13.1 Å². The first-order chi connectivity index (χ1) is 12.8. The molecular formula is C18H21N3O6S. The molecule has 9 nitrogen and oxygen atoms in total. The van der Waals surface area contributed by atoms with Crippen molar-refractivity contribution in [3.05, 3.63) is 68.3 Å². The van der Waals surface area contributed by atoms with E-state index in [2.05, 4.69) is 20.8 Å². The first-order valence-corrected chi connectivity index (χ1v) is 9.77. The van der Waals surface area contributed by atoms with Crippen LogP contribution in [0, 0.1) is 25.6 Å². The summed E-state index contributed by atoms with van der Waals surface area (Å²) in [6, 6.07) is 9.31. The minimum atomic E-state index is -4.29. The smallest absolute Gasteiger partial charge is 0.269 e. The van der Waals surface area contributed by atoms with Gasteiger partial charge < -0.3 is 0 Å². The lowest BCUT2D eigenvalue weighted by atomic mass is 9.88. The Morgan fingerprint density at radius 1 is 0.964 bits per heavy atom. The molecule has 0 aliphatic rings. The highest BCUT2D eigenvalue weighted by Crippen LogP contribution is 2.32. The number of non-ortho nitro benzene ring substituents is 1. The number of sulfonamides is 1. The average Bonchev–Trinajstić information content (AvgIpc) is 2.59. The lowest BCUT2D eigenvalue weighted by Gasteiger charge is -2.21. The molecular weight excluding hydrogens is 386 g/mol. The van der Waals surface area contributed by atoms with E-state index in [0.29, 0.717) is 11.8 Å². The minimum absolute atomic E-state index is 0.0683. The number of hydrogen-bond donors (Lipinski definition) is 0. The molecule has 150 valence electrons. The van der Waals surface area contributed by atoms with Crippen LogP contribution in [-0.4, -0.2) is 25.3 Å². The van der Waals surface area contributed by atoms with E-state index in [0.717, 1.165) is 28.4 Å². The average molecular weight is 407 g/mol. The Morgan fingerprint density at radius 3 is 2.00 bits per heavy atom. The normalized spacial score (nSPS) is 11.9. The van der Waals surface area contributed by atoms with Crippen molar-refractivity contribution in [3.8, 4) is 0 Å². The molecule has 0 heterocycles. The Kier molecular flexibility index (Phi) is 5.74. The number of hydrogen-bond acceptors (Lipinski definition) is 6. The van der Waals surface area contributed by atoms with E-state index in [-0.39, 0.29) is 5.41 Å². The van der Waals surface area contributed by atoms with Crippen LogP contribution >= 0.6 is 0 Å². The van der Waals surface area contributed by atoms with Crippen LogP contribution in [0.1, 0.15) is 26.3 Å². The molecule has 0 N–H and O–H groups in total. The van der Waals surface area contributed by atoms with Gasteiger partial charge in [0.1, 0.15) is 0 Å². The molecule has 0 aliphatic carbocycles. The summed E-state index contributed by atoms with van der Waals surface area (Å²) in [5.74, 6) is 0. The maximum atomic E-state index is 12.9. The van der Waals surface area contributed by atoms with Gasteiger partial charge in [-0.3, -0.25) is 24.5 Å². The zero-order chi connectivity index (χ0) is 21.3. The fourth-order valence-corrected chi connectivity index (χ4v) is 4.03. The van der Waals surface area contributed by atoms with E-state index in [1.807, 2.05) is 0 Å². The Bertz CT molecular complexity index is 1010. The maximum absolute atomic E-state index is 12.9. The van der Waals surface area contributed by atoms with Gasteiger partial charge in [-0.2, -0.15) is 0 Å². The molecule has 28 heavy (non-hydrogen) atoms. The highest BCUT2D eigenvalue weighted by atomic mass is 32.2. The second kappa shape index (κ2) is 7.55. The molecule has 0 fully saturated rings. The molecule has 0 aliphatic heterocycles. The van der Waals surface area contributed by atoms with Crippen molar-refractivity contribution in [2.45, 2.75) is 32.1 Å². The van der Waals surface area contributed by atoms with Crippen molar-refractivity contribution >= 4 is 27.1 Å². The second-order valence-corrected chi connectivity index (χ2v) is 9.48. The van der Waals surface area contributed by atoms with E-state index in [1.54, 1.807) is 24.3 Å². The van der Waals surface area contributed by atoms with Crippen molar-refractivity contribution in [2.24, 2.45) is 5.41 Å². The summed E-state index contributed by atoms with van der Waals surface area (Å²) in [5.41, 5.74) is 0.0256. The Balaban J connectivity index is 2.44. The van der Waals surface area contributed by atoms with Crippen LogP contribution in [0.3, 0.4) is 0 Å². The van der Waals surface area contributed by atoms with Crippen molar-refractivity contribution in [3.63, 3.8) is 0 Å². The van der Waals surface area contributed by atoms with Crippen LogP contribution in [0.25, 0.3) is 0 Å². The molecule has 0 radical (unpaired) electrons. The third-order valence-corrected chi connectivity index (χ3v) is 5.86. The number of rotatable bonds is 6. The summed E-state index contributed by atoms with van der Waals surface area (Å²) in [5, 5.41) is 22.1. The Morgan fingerprint density at radius 2 is 1.54 bits per heavy atom. The Labute approximate surface area is 163 Å². The first kappa shape index (κ1) is 21.3. The topological polar surface area (TPSA) is 124 Å².